The molecule has 0 fully saturated rings. The molecule has 0 saturated heterocycles. The first kappa shape index (κ1) is 17.1. The lowest BCUT2D eigenvalue weighted by molar-refractivity contribution is -0.128. The van der Waals surface area contributed by atoms with Crippen LogP contribution in [-0.4, -0.2) is 31.6 Å². The second kappa shape index (κ2) is 7.35. The average molecular weight is 320 g/mol. The molecule has 2 amide bonds. The maximum Gasteiger partial charge on any atom is 0.226 e. The Morgan fingerprint density at radius 2 is 1.83 bits per heavy atom. The van der Waals surface area contributed by atoms with Crippen molar-refractivity contribution in [2.24, 2.45) is 5.41 Å². The Balaban J connectivity index is 1.84. The molecule has 0 unspecified atom stereocenters. The fourth-order valence-corrected chi connectivity index (χ4v) is 2.02. The van der Waals surface area contributed by atoms with Gasteiger partial charge in [-0.3, -0.25) is 9.59 Å². The van der Waals surface area contributed by atoms with Crippen molar-refractivity contribution in [3.05, 3.63) is 18.2 Å². The van der Waals surface area contributed by atoms with E-state index >= 15 is 0 Å². The summed E-state index contributed by atoms with van der Waals surface area (Å²) in [6.07, 6.45) is 1.06. The van der Waals surface area contributed by atoms with E-state index in [4.69, 9.17) is 9.47 Å². The zero-order valence-electron chi connectivity index (χ0n) is 13.9. The molecule has 0 spiro atoms. The normalized spacial score (nSPS) is 13.9. The molecule has 1 aliphatic rings. The van der Waals surface area contributed by atoms with Crippen molar-refractivity contribution >= 4 is 17.5 Å². The van der Waals surface area contributed by atoms with E-state index in [1.165, 1.54) is 0 Å². The lowest BCUT2D eigenvalue weighted by atomic mass is 9.96. The highest BCUT2D eigenvalue weighted by Gasteiger charge is 2.20. The summed E-state index contributed by atoms with van der Waals surface area (Å²) in [5.41, 5.74) is 0.201. The van der Waals surface area contributed by atoms with Gasteiger partial charge in [-0.15, -0.1) is 0 Å². The van der Waals surface area contributed by atoms with Crippen LogP contribution in [0.1, 0.15) is 33.6 Å². The van der Waals surface area contributed by atoms with Crippen molar-refractivity contribution in [1.82, 2.24) is 5.32 Å². The van der Waals surface area contributed by atoms with E-state index in [2.05, 4.69) is 10.6 Å². The Kier molecular flexibility index (Phi) is 5.47. The smallest absolute Gasteiger partial charge is 0.226 e. The molecule has 6 nitrogen and oxygen atoms in total. The number of nitrogens with one attached hydrogen (secondary N) is 2. The summed E-state index contributed by atoms with van der Waals surface area (Å²) < 4.78 is 11.1. The molecule has 0 saturated carbocycles. The molecule has 0 aromatic heterocycles. The molecule has 1 aromatic carbocycles. The van der Waals surface area contributed by atoms with E-state index in [-0.39, 0.29) is 18.2 Å². The van der Waals surface area contributed by atoms with Gasteiger partial charge in [-0.05, 0) is 12.1 Å². The molecule has 1 heterocycles. The minimum atomic E-state index is -0.454. The van der Waals surface area contributed by atoms with E-state index in [1.807, 2.05) is 20.8 Å². The summed E-state index contributed by atoms with van der Waals surface area (Å²) in [6, 6.07) is 5.32. The predicted octanol–water partition coefficient (Wildman–Crippen LogP) is 2.34. The molecule has 0 atom stereocenters. The van der Waals surface area contributed by atoms with Crippen molar-refractivity contribution in [3.8, 4) is 11.5 Å². The van der Waals surface area contributed by atoms with Crippen molar-refractivity contribution in [3.63, 3.8) is 0 Å². The Hall–Kier alpha value is -2.24. The number of hydrogen-bond donors (Lipinski definition) is 2. The fraction of sp³-hybridized carbons (Fsp3) is 0.529. The predicted molar refractivity (Wildman–Crippen MR) is 87.8 cm³/mol. The zero-order valence-corrected chi connectivity index (χ0v) is 13.9. The van der Waals surface area contributed by atoms with Gasteiger partial charge >= 0.3 is 0 Å². The van der Waals surface area contributed by atoms with Crippen molar-refractivity contribution in [1.29, 1.82) is 0 Å². The molecule has 1 aliphatic heterocycles. The molecular formula is C17H24N2O4. The van der Waals surface area contributed by atoms with Crippen LogP contribution in [0.25, 0.3) is 0 Å². The van der Waals surface area contributed by atoms with Crippen LogP contribution in [0.4, 0.5) is 5.69 Å². The van der Waals surface area contributed by atoms with Gasteiger partial charge in [0.15, 0.2) is 11.5 Å². The summed E-state index contributed by atoms with van der Waals surface area (Å²) in [5.74, 6) is 1.11. The summed E-state index contributed by atoms with van der Waals surface area (Å²) in [6.45, 7) is 7.04. The standard InChI is InChI=1S/C17H24N2O4/c1-17(2,3)16(21)18-8-7-15(20)19-12-5-6-13-14(11-12)23-10-4-9-22-13/h5-6,11H,4,7-10H2,1-3H3,(H,18,21)(H,19,20). The van der Waals surface area contributed by atoms with E-state index in [9.17, 15) is 9.59 Å². The Morgan fingerprint density at radius 1 is 1.13 bits per heavy atom. The lowest BCUT2D eigenvalue weighted by Crippen LogP contribution is -2.36. The molecule has 0 radical (unpaired) electrons. The number of anilines is 1. The van der Waals surface area contributed by atoms with Gasteiger partial charge in [-0.25, -0.2) is 0 Å². The highest BCUT2D eigenvalue weighted by molar-refractivity contribution is 5.91. The number of ether oxygens (including phenoxy) is 2. The van der Waals surface area contributed by atoms with E-state index in [0.29, 0.717) is 36.9 Å². The highest BCUT2D eigenvalue weighted by Crippen LogP contribution is 2.32. The van der Waals surface area contributed by atoms with Gasteiger partial charge < -0.3 is 20.1 Å². The van der Waals surface area contributed by atoms with Crippen molar-refractivity contribution in [2.75, 3.05) is 25.1 Å². The quantitative estimate of drug-likeness (QED) is 0.893. The van der Waals surface area contributed by atoms with Crippen molar-refractivity contribution in [2.45, 2.75) is 33.6 Å². The fourth-order valence-electron chi connectivity index (χ4n) is 2.02. The van der Waals surface area contributed by atoms with Crippen LogP contribution in [0.2, 0.25) is 0 Å². The minimum absolute atomic E-state index is 0.0686. The molecule has 23 heavy (non-hydrogen) atoms. The molecule has 6 heteroatoms. The summed E-state index contributed by atoms with van der Waals surface area (Å²) >= 11 is 0. The summed E-state index contributed by atoms with van der Waals surface area (Å²) in [5, 5.41) is 5.55. The number of hydrogen-bond acceptors (Lipinski definition) is 4. The Morgan fingerprint density at radius 3 is 2.52 bits per heavy atom. The Bertz CT molecular complexity index is 578. The monoisotopic (exact) mass is 320 g/mol. The van der Waals surface area contributed by atoms with Gasteiger partial charge in [0.1, 0.15) is 0 Å². The maximum absolute atomic E-state index is 11.9. The zero-order chi connectivity index (χ0) is 16.9. The van der Waals surface area contributed by atoms with Gasteiger partial charge in [0.05, 0.1) is 13.2 Å². The van der Waals surface area contributed by atoms with Gasteiger partial charge in [0.25, 0.3) is 0 Å². The largest absolute Gasteiger partial charge is 0.490 e. The first-order valence-corrected chi connectivity index (χ1v) is 7.84. The number of fused-ring (bicyclic) bond motifs is 1. The van der Waals surface area contributed by atoms with Crippen LogP contribution in [0.15, 0.2) is 18.2 Å². The first-order valence-electron chi connectivity index (χ1n) is 7.84. The topological polar surface area (TPSA) is 76.7 Å². The summed E-state index contributed by atoms with van der Waals surface area (Å²) in [4.78, 5) is 23.7. The van der Waals surface area contributed by atoms with Crippen LogP contribution < -0.4 is 20.1 Å². The number of carbonyl (C=O) groups is 2. The third kappa shape index (κ3) is 5.16. The van der Waals surface area contributed by atoms with Gasteiger partial charge in [0.2, 0.25) is 11.8 Å². The third-order valence-corrected chi connectivity index (χ3v) is 3.35. The molecule has 2 N–H and O–H groups in total. The second-order valence-corrected chi connectivity index (χ2v) is 6.52. The SMILES string of the molecule is CC(C)(C)C(=O)NCCC(=O)Nc1ccc2c(c1)OCCCO2. The van der Waals surface area contributed by atoms with E-state index in [1.54, 1.807) is 18.2 Å². The van der Waals surface area contributed by atoms with Crippen LogP contribution >= 0.6 is 0 Å². The lowest BCUT2D eigenvalue weighted by Gasteiger charge is -2.17. The Labute approximate surface area is 136 Å². The minimum Gasteiger partial charge on any atom is -0.490 e. The average Bonchev–Trinajstić information content (AvgIpc) is 2.70. The van der Waals surface area contributed by atoms with Gasteiger partial charge in [-0.2, -0.15) is 0 Å². The molecular weight excluding hydrogens is 296 g/mol. The van der Waals surface area contributed by atoms with Crippen LogP contribution in [0.5, 0.6) is 11.5 Å². The van der Waals surface area contributed by atoms with E-state index in [0.717, 1.165) is 6.42 Å². The molecule has 0 bridgehead atoms. The first-order chi connectivity index (χ1) is 10.9. The molecule has 2 rings (SSSR count). The van der Waals surface area contributed by atoms with Crippen LogP contribution in [0, 0.1) is 5.41 Å². The van der Waals surface area contributed by atoms with Gasteiger partial charge in [-0.1, -0.05) is 20.8 Å². The number of rotatable bonds is 4. The molecule has 1 aromatic rings. The third-order valence-electron chi connectivity index (χ3n) is 3.35. The second-order valence-electron chi connectivity index (χ2n) is 6.52. The summed E-state index contributed by atoms with van der Waals surface area (Å²) in [7, 11) is 0. The van der Waals surface area contributed by atoms with Crippen LogP contribution in [-0.2, 0) is 9.59 Å². The highest BCUT2D eigenvalue weighted by atomic mass is 16.5. The molecule has 126 valence electrons. The van der Waals surface area contributed by atoms with Crippen LogP contribution in [0.3, 0.4) is 0 Å². The molecule has 0 aliphatic carbocycles. The number of benzene rings is 1. The van der Waals surface area contributed by atoms with Gasteiger partial charge in [0, 0.05) is 36.6 Å². The number of amides is 2. The van der Waals surface area contributed by atoms with E-state index < -0.39 is 5.41 Å². The number of carbonyl (C=O) groups excluding carboxylic acids is 2. The van der Waals surface area contributed by atoms with Crippen molar-refractivity contribution < 1.29 is 19.1 Å². The maximum atomic E-state index is 11.9.